The van der Waals surface area contributed by atoms with E-state index in [1.165, 1.54) is 62.2 Å². The average molecular weight is 322 g/mol. The van der Waals surface area contributed by atoms with Crippen LogP contribution >= 0.6 is 0 Å². The van der Waals surface area contributed by atoms with Crippen molar-refractivity contribution in [3.63, 3.8) is 0 Å². The van der Waals surface area contributed by atoms with Crippen molar-refractivity contribution >= 4 is 27.3 Å². The molecule has 1 unspecified atom stereocenters. The first-order valence-electron chi connectivity index (χ1n) is 7.37. The van der Waals surface area contributed by atoms with Gasteiger partial charge in [0.2, 0.25) is 0 Å². The average Bonchev–Trinajstić information content (AvgIpc) is 2.92. The molecule has 2 aliphatic rings. The molecule has 0 aromatic carbocycles. The van der Waals surface area contributed by atoms with E-state index in [0.717, 1.165) is 29.4 Å². The van der Waals surface area contributed by atoms with Crippen molar-refractivity contribution in [3.05, 3.63) is 12.3 Å². The van der Waals surface area contributed by atoms with Gasteiger partial charge >= 0.3 is 124 Å². The van der Waals surface area contributed by atoms with Gasteiger partial charge in [-0.05, 0) is 0 Å². The molecule has 1 aliphatic carbocycles. The van der Waals surface area contributed by atoms with E-state index in [1.807, 2.05) is 12.3 Å². The maximum absolute atomic E-state index is 4.55. The van der Waals surface area contributed by atoms with Gasteiger partial charge in [-0.2, -0.15) is 0 Å². The number of hydrogen-bond acceptors (Lipinski definition) is 4. The Morgan fingerprint density at radius 3 is 2.58 bits per heavy atom. The van der Waals surface area contributed by atoms with E-state index in [4.69, 9.17) is 0 Å². The molecule has 104 valence electrons. The van der Waals surface area contributed by atoms with Crippen LogP contribution in [0.4, 0.5) is 5.82 Å². The molecule has 3 rings (SSSR count). The van der Waals surface area contributed by atoms with Gasteiger partial charge in [0.1, 0.15) is 0 Å². The molecule has 5 heteroatoms. The Kier molecular flexibility index (Phi) is 4.39. The van der Waals surface area contributed by atoms with Crippen molar-refractivity contribution in [3.8, 4) is 0 Å². The third-order valence-corrected chi connectivity index (χ3v) is 4.93. The number of nitrogens with zero attached hydrogens (tertiary/aromatic N) is 4. The number of rotatable bonds is 3. The Hall–Kier alpha value is -0.602. The fraction of sp³-hybridized carbons (Fsp3) is 0.714. The summed E-state index contributed by atoms with van der Waals surface area (Å²) in [7, 11) is 0. The summed E-state index contributed by atoms with van der Waals surface area (Å²) in [5.41, 5.74) is 0. The molecule has 0 N–H and O–H groups in total. The molecule has 19 heavy (non-hydrogen) atoms. The second-order valence-corrected chi connectivity index (χ2v) is 6.79. The van der Waals surface area contributed by atoms with Crippen LogP contribution in [-0.4, -0.2) is 64.4 Å². The zero-order chi connectivity index (χ0) is 13.1. The van der Waals surface area contributed by atoms with Gasteiger partial charge in [0, 0.05) is 0 Å². The van der Waals surface area contributed by atoms with Crippen molar-refractivity contribution in [2.45, 2.75) is 25.7 Å². The van der Waals surface area contributed by atoms with Crippen LogP contribution in [0.1, 0.15) is 25.7 Å². The van der Waals surface area contributed by atoms with Crippen LogP contribution in [0, 0.1) is 5.92 Å². The molecule has 1 aromatic rings. The fourth-order valence-corrected chi connectivity index (χ4v) is 3.72. The third-order valence-electron chi connectivity index (χ3n) is 4.35. The molecular formula is C14H23AsN4. The second kappa shape index (κ2) is 6.23. The molecule has 2 fully saturated rings. The number of hydrogen-bond donors (Lipinski definition) is 0. The molecule has 1 atom stereocenters. The SMILES string of the molecule is [AsH2]c1nccc(N2CCN(CC3CCCC3)CC2)n1. The van der Waals surface area contributed by atoms with Crippen molar-refractivity contribution in [2.24, 2.45) is 5.92 Å². The molecule has 0 spiro atoms. The minimum atomic E-state index is 0.929. The van der Waals surface area contributed by atoms with Gasteiger partial charge in [-0.15, -0.1) is 0 Å². The van der Waals surface area contributed by atoms with E-state index < -0.39 is 0 Å². The van der Waals surface area contributed by atoms with Crippen LogP contribution in [0.3, 0.4) is 0 Å². The standard InChI is InChI=1S/C14H23AsN4/c15-14-16-6-5-13(17-14)19-9-7-18(8-10-19)11-12-3-1-2-4-12/h5-6,12H,1-4,7-11,15H2. The molecule has 1 aromatic heterocycles. The number of aromatic nitrogens is 2. The van der Waals surface area contributed by atoms with E-state index >= 15 is 0 Å². The van der Waals surface area contributed by atoms with E-state index in [2.05, 4.69) is 19.8 Å². The number of anilines is 1. The summed E-state index contributed by atoms with van der Waals surface area (Å²) in [6, 6.07) is 2.04. The molecule has 0 radical (unpaired) electrons. The Balaban J connectivity index is 1.51. The molecule has 2 heterocycles. The molecular weight excluding hydrogens is 299 g/mol. The summed E-state index contributed by atoms with van der Waals surface area (Å²) in [4.78, 5) is 13.8. The van der Waals surface area contributed by atoms with Gasteiger partial charge < -0.3 is 0 Å². The predicted molar refractivity (Wildman–Crippen MR) is 80.8 cm³/mol. The zero-order valence-electron chi connectivity index (χ0n) is 11.5. The Bertz CT molecular complexity index is 412. The van der Waals surface area contributed by atoms with E-state index in [0.29, 0.717) is 0 Å². The van der Waals surface area contributed by atoms with E-state index in [1.54, 1.807) is 0 Å². The van der Waals surface area contributed by atoms with Crippen molar-refractivity contribution in [1.29, 1.82) is 0 Å². The Labute approximate surface area is 124 Å². The second-order valence-electron chi connectivity index (χ2n) is 5.71. The fourth-order valence-electron chi connectivity index (χ4n) is 3.26. The van der Waals surface area contributed by atoms with Gasteiger partial charge in [-0.25, -0.2) is 0 Å². The summed E-state index contributed by atoms with van der Waals surface area (Å²) in [6.45, 7) is 5.90. The normalized spacial score (nSPS) is 22.1. The van der Waals surface area contributed by atoms with Gasteiger partial charge in [0.15, 0.2) is 0 Å². The van der Waals surface area contributed by atoms with Gasteiger partial charge in [-0.1, -0.05) is 0 Å². The van der Waals surface area contributed by atoms with Crippen molar-refractivity contribution in [2.75, 3.05) is 37.6 Å². The minimum absolute atomic E-state index is 0.929. The van der Waals surface area contributed by atoms with Gasteiger partial charge in [-0.3, -0.25) is 0 Å². The van der Waals surface area contributed by atoms with Crippen LogP contribution in [-0.2, 0) is 0 Å². The first kappa shape index (κ1) is 13.4. The third kappa shape index (κ3) is 3.49. The Morgan fingerprint density at radius 2 is 1.89 bits per heavy atom. The zero-order valence-corrected chi connectivity index (χ0v) is 13.9. The van der Waals surface area contributed by atoms with Crippen LogP contribution in [0.25, 0.3) is 0 Å². The van der Waals surface area contributed by atoms with Crippen molar-refractivity contribution < 1.29 is 0 Å². The van der Waals surface area contributed by atoms with Crippen LogP contribution in [0.2, 0.25) is 0 Å². The van der Waals surface area contributed by atoms with Crippen LogP contribution in [0.5, 0.6) is 0 Å². The first-order chi connectivity index (χ1) is 9.31. The van der Waals surface area contributed by atoms with Crippen LogP contribution < -0.4 is 9.51 Å². The Morgan fingerprint density at radius 1 is 1.16 bits per heavy atom. The monoisotopic (exact) mass is 322 g/mol. The van der Waals surface area contributed by atoms with Gasteiger partial charge in [0.05, 0.1) is 0 Å². The maximum atomic E-state index is 4.55. The summed E-state index contributed by atoms with van der Waals surface area (Å²) >= 11 is 1.50. The summed E-state index contributed by atoms with van der Waals surface area (Å²) in [5.74, 6) is 2.07. The number of piperazine rings is 1. The topological polar surface area (TPSA) is 32.3 Å². The molecule has 0 amide bonds. The molecule has 1 saturated carbocycles. The van der Waals surface area contributed by atoms with Crippen LogP contribution in [0.15, 0.2) is 12.3 Å². The quantitative estimate of drug-likeness (QED) is 0.736. The van der Waals surface area contributed by atoms with E-state index in [-0.39, 0.29) is 0 Å². The first-order valence-corrected chi connectivity index (χ1v) is 8.58. The predicted octanol–water partition coefficient (Wildman–Crippen LogP) is 0.0472. The summed E-state index contributed by atoms with van der Waals surface area (Å²) < 4.78 is 0.929. The molecule has 0 bridgehead atoms. The van der Waals surface area contributed by atoms with E-state index in [9.17, 15) is 0 Å². The molecule has 1 aliphatic heterocycles. The summed E-state index contributed by atoms with van der Waals surface area (Å²) in [6.07, 6.45) is 7.68. The molecule has 4 nitrogen and oxygen atoms in total. The molecule has 1 saturated heterocycles. The van der Waals surface area contributed by atoms with Crippen molar-refractivity contribution in [1.82, 2.24) is 14.9 Å². The summed E-state index contributed by atoms with van der Waals surface area (Å²) in [5, 5.41) is 0. The van der Waals surface area contributed by atoms with Gasteiger partial charge in [0.25, 0.3) is 0 Å².